The summed E-state index contributed by atoms with van der Waals surface area (Å²) in [6.07, 6.45) is 0. The van der Waals surface area contributed by atoms with Gasteiger partial charge in [-0.15, -0.1) is 10.2 Å². The minimum absolute atomic E-state index is 0.143. The predicted molar refractivity (Wildman–Crippen MR) is 57.1 cm³/mol. The third-order valence-electron chi connectivity index (χ3n) is 1.69. The highest BCUT2D eigenvalue weighted by molar-refractivity contribution is 7.93. The molecule has 16 heavy (non-hydrogen) atoms. The van der Waals surface area contributed by atoms with Crippen molar-refractivity contribution in [1.29, 1.82) is 0 Å². The third-order valence-corrected chi connectivity index (χ3v) is 3.76. The molecule has 0 saturated carbocycles. The van der Waals surface area contributed by atoms with Gasteiger partial charge in [0.2, 0.25) is 5.13 Å². The molecule has 0 radical (unpaired) electrons. The fourth-order valence-electron chi connectivity index (χ4n) is 1.03. The molecule has 2 aromatic rings. The largest absolute Gasteiger partial charge is 0.263 e. The zero-order valence-electron chi connectivity index (χ0n) is 7.79. The van der Waals surface area contributed by atoms with Gasteiger partial charge < -0.3 is 0 Å². The van der Waals surface area contributed by atoms with E-state index in [4.69, 9.17) is 0 Å². The molecule has 0 amide bonds. The summed E-state index contributed by atoms with van der Waals surface area (Å²) in [7, 11) is -3.79. The summed E-state index contributed by atoms with van der Waals surface area (Å²) in [6.45, 7) is 0. The average molecular weight is 259 g/mol. The van der Waals surface area contributed by atoms with E-state index in [2.05, 4.69) is 14.9 Å². The lowest BCUT2D eigenvalue weighted by Crippen LogP contribution is -2.12. The first-order chi connectivity index (χ1) is 7.58. The second-order valence-electron chi connectivity index (χ2n) is 2.81. The van der Waals surface area contributed by atoms with Crippen molar-refractivity contribution < 1.29 is 12.8 Å². The van der Waals surface area contributed by atoms with Crippen molar-refractivity contribution in [3.63, 3.8) is 0 Å². The van der Waals surface area contributed by atoms with Gasteiger partial charge in [0, 0.05) is 0 Å². The minimum Gasteiger partial charge on any atom is -0.253 e. The fourth-order valence-corrected chi connectivity index (χ4v) is 2.75. The lowest BCUT2D eigenvalue weighted by molar-refractivity contribution is 0.595. The first-order valence-corrected chi connectivity index (χ1v) is 6.49. The van der Waals surface area contributed by atoms with Gasteiger partial charge in [-0.2, -0.15) is 0 Å². The van der Waals surface area contributed by atoms with Crippen LogP contribution in [-0.2, 0) is 10.0 Å². The van der Waals surface area contributed by atoms with Crippen LogP contribution in [0, 0.1) is 5.82 Å². The van der Waals surface area contributed by atoms with Gasteiger partial charge in [0.15, 0.2) is 0 Å². The second kappa shape index (κ2) is 4.14. The van der Waals surface area contributed by atoms with Crippen molar-refractivity contribution in [1.82, 2.24) is 10.2 Å². The molecule has 1 aromatic heterocycles. The monoisotopic (exact) mass is 259 g/mol. The van der Waals surface area contributed by atoms with E-state index in [-0.39, 0.29) is 10.0 Å². The molecular formula is C8H6FN3O2S2. The van der Waals surface area contributed by atoms with Crippen molar-refractivity contribution in [3.8, 4) is 0 Å². The van der Waals surface area contributed by atoms with Crippen LogP contribution in [0.15, 0.2) is 34.7 Å². The molecule has 0 aliphatic heterocycles. The van der Waals surface area contributed by atoms with E-state index in [9.17, 15) is 12.8 Å². The van der Waals surface area contributed by atoms with Crippen LogP contribution in [-0.4, -0.2) is 18.6 Å². The topological polar surface area (TPSA) is 72.0 Å². The van der Waals surface area contributed by atoms with E-state index < -0.39 is 15.8 Å². The average Bonchev–Trinajstić information content (AvgIpc) is 2.70. The van der Waals surface area contributed by atoms with Crippen molar-refractivity contribution in [2.24, 2.45) is 0 Å². The highest BCUT2D eigenvalue weighted by atomic mass is 32.2. The first kappa shape index (κ1) is 11.0. The van der Waals surface area contributed by atoms with Gasteiger partial charge in [-0.3, -0.25) is 4.72 Å². The summed E-state index contributed by atoms with van der Waals surface area (Å²) in [5, 5.41) is 7.16. The van der Waals surface area contributed by atoms with E-state index in [0.717, 1.165) is 17.4 Å². The van der Waals surface area contributed by atoms with Gasteiger partial charge in [-0.1, -0.05) is 17.4 Å². The van der Waals surface area contributed by atoms with Crippen molar-refractivity contribution in [2.75, 3.05) is 4.72 Å². The van der Waals surface area contributed by atoms with Gasteiger partial charge in [0.1, 0.15) is 11.3 Å². The highest BCUT2D eigenvalue weighted by Crippen LogP contribution is 2.17. The quantitative estimate of drug-likeness (QED) is 0.906. The molecule has 0 aliphatic carbocycles. The number of aromatic nitrogens is 2. The van der Waals surface area contributed by atoms with Gasteiger partial charge in [0.25, 0.3) is 10.0 Å². The molecule has 0 bridgehead atoms. The molecule has 8 heteroatoms. The van der Waals surface area contributed by atoms with E-state index in [0.29, 0.717) is 0 Å². The van der Waals surface area contributed by atoms with Crippen molar-refractivity contribution in [3.05, 3.63) is 35.6 Å². The number of rotatable bonds is 3. The number of sulfonamides is 1. The zero-order chi connectivity index (χ0) is 11.6. The smallest absolute Gasteiger partial charge is 0.253 e. The molecule has 1 N–H and O–H groups in total. The molecule has 84 valence electrons. The van der Waals surface area contributed by atoms with Crippen LogP contribution in [0.5, 0.6) is 0 Å². The summed E-state index contributed by atoms with van der Waals surface area (Å²) < 4.78 is 38.5. The molecular weight excluding hydrogens is 253 g/mol. The zero-order valence-corrected chi connectivity index (χ0v) is 9.43. The Morgan fingerprint density at radius 3 is 2.81 bits per heavy atom. The number of anilines is 1. The fraction of sp³-hybridized carbons (Fsp3) is 0. The van der Waals surface area contributed by atoms with Crippen LogP contribution in [0.25, 0.3) is 0 Å². The molecule has 1 heterocycles. The number of nitrogens with zero attached hydrogens (tertiary/aromatic N) is 2. The molecule has 0 atom stereocenters. The van der Waals surface area contributed by atoms with Crippen molar-refractivity contribution in [2.45, 2.75) is 4.90 Å². The third kappa shape index (κ3) is 2.34. The summed E-state index contributed by atoms with van der Waals surface area (Å²) in [5.41, 5.74) is 1.39. The molecule has 0 fully saturated rings. The van der Waals surface area contributed by atoms with Gasteiger partial charge in [-0.05, 0) is 18.2 Å². The standard InChI is InChI=1S/C8H6FN3O2S2/c9-6-2-1-3-7(4-6)16(13,14)12-8-11-10-5-15-8/h1-5H,(H,11,12). The summed E-state index contributed by atoms with van der Waals surface area (Å²) in [6, 6.07) is 4.73. The van der Waals surface area contributed by atoms with E-state index in [1.165, 1.54) is 23.7 Å². The lowest BCUT2D eigenvalue weighted by atomic mass is 10.4. The van der Waals surface area contributed by atoms with Crippen LogP contribution >= 0.6 is 11.3 Å². The van der Waals surface area contributed by atoms with Crippen LogP contribution in [0.1, 0.15) is 0 Å². The molecule has 0 spiro atoms. The SMILES string of the molecule is O=S(=O)(Nc1nncs1)c1cccc(F)c1. The number of halogens is 1. The van der Waals surface area contributed by atoms with Crippen LogP contribution < -0.4 is 4.72 Å². The molecule has 0 unspecified atom stereocenters. The Morgan fingerprint density at radius 2 is 2.19 bits per heavy atom. The first-order valence-electron chi connectivity index (χ1n) is 4.12. The second-order valence-corrected chi connectivity index (χ2v) is 5.32. The predicted octanol–water partition coefficient (Wildman–Crippen LogP) is 1.48. The summed E-state index contributed by atoms with van der Waals surface area (Å²) in [4.78, 5) is -0.150. The summed E-state index contributed by atoms with van der Waals surface area (Å²) >= 11 is 1.04. The van der Waals surface area contributed by atoms with Crippen LogP contribution in [0.2, 0.25) is 0 Å². The van der Waals surface area contributed by atoms with Gasteiger partial charge in [-0.25, -0.2) is 12.8 Å². The molecule has 5 nitrogen and oxygen atoms in total. The van der Waals surface area contributed by atoms with E-state index in [1.807, 2.05) is 0 Å². The van der Waals surface area contributed by atoms with E-state index in [1.54, 1.807) is 0 Å². The molecule has 1 aromatic carbocycles. The number of benzene rings is 1. The molecule has 0 saturated heterocycles. The summed E-state index contributed by atoms with van der Waals surface area (Å²) in [5.74, 6) is -0.611. The number of hydrogen-bond donors (Lipinski definition) is 1. The minimum atomic E-state index is -3.79. The Kier molecular flexibility index (Phi) is 2.84. The molecule has 2 rings (SSSR count). The van der Waals surface area contributed by atoms with Gasteiger partial charge >= 0.3 is 0 Å². The van der Waals surface area contributed by atoms with Gasteiger partial charge in [0.05, 0.1) is 4.90 Å². The van der Waals surface area contributed by atoms with Crippen LogP contribution in [0.3, 0.4) is 0 Å². The lowest BCUT2D eigenvalue weighted by Gasteiger charge is -2.03. The van der Waals surface area contributed by atoms with E-state index >= 15 is 0 Å². The Labute approximate surface area is 95.0 Å². The van der Waals surface area contributed by atoms with Crippen LogP contribution in [0.4, 0.5) is 9.52 Å². The Hall–Kier alpha value is -1.54. The number of hydrogen-bond acceptors (Lipinski definition) is 5. The highest BCUT2D eigenvalue weighted by Gasteiger charge is 2.15. The Bertz CT molecular complexity index is 583. The maximum atomic E-state index is 12.9. The Morgan fingerprint density at radius 1 is 1.38 bits per heavy atom. The maximum absolute atomic E-state index is 12.9. The molecule has 0 aliphatic rings. The maximum Gasteiger partial charge on any atom is 0.263 e. The number of nitrogens with one attached hydrogen (secondary N) is 1. The normalized spacial score (nSPS) is 11.3. The van der Waals surface area contributed by atoms with Crippen molar-refractivity contribution >= 4 is 26.5 Å². The Balaban J connectivity index is 2.33.